The zero-order valence-corrected chi connectivity index (χ0v) is 21.5. The second-order valence-electron chi connectivity index (χ2n) is 8.47. The van der Waals surface area contributed by atoms with E-state index in [-0.39, 0.29) is 0 Å². The number of carbonyl (C=O) groups excluding carboxylic acids is 4. The number of aliphatic hydroxyl groups excluding tert-OH is 2. The average molecular weight is 538 g/mol. The monoisotopic (exact) mass is 537 g/mol. The number of amides is 1. The molecule has 1 amide bonds. The second-order valence-corrected chi connectivity index (χ2v) is 8.47. The summed E-state index contributed by atoms with van der Waals surface area (Å²) in [5.74, 6) is -2.74. The maximum absolute atomic E-state index is 12.1. The maximum atomic E-state index is 12.1. The minimum atomic E-state index is -1.44. The van der Waals surface area contributed by atoms with Crippen LogP contribution in [-0.2, 0) is 57.1 Å². The molecule has 3 N–H and O–H groups in total. The molecule has 0 bridgehead atoms. The van der Waals surface area contributed by atoms with E-state index in [0.29, 0.717) is 0 Å². The molecule has 0 radical (unpaired) electrons. The van der Waals surface area contributed by atoms with Crippen LogP contribution in [0, 0.1) is 0 Å². The first kappa shape index (κ1) is 30.8. The summed E-state index contributed by atoms with van der Waals surface area (Å²) in [7, 11) is 2.60. The normalized spacial score (nSPS) is 35.8. The summed E-state index contributed by atoms with van der Waals surface area (Å²) in [5.41, 5.74) is 0. The van der Waals surface area contributed by atoms with Crippen molar-refractivity contribution in [1.82, 2.24) is 5.32 Å². The van der Waals surface area contributed by atoms with Crippen LogP contribution >= 0.6 is 0 Å². The fourth-order valence-electron chi connectivity index (χ4n) is 4.21. The molecule has 0 spiro atoms. The molecule has 0 aromatic carbocycles. The summed E-state index contributed by atoms with van der Waals surface area (Å²) in [6, 6.07) is -1.25. The maximum Gasteiger partial charge on any atom is 0.303 e. The van der Waals surface area contributed by atoms with E-state index in [2.05, 4.69) is 5.32 Å². The highest BCUT2D eigenvalue weighted by Gasteiger charge is 2.54. The van der Waals surface area contributed by atoms with E-state index in [1.165, 1.54) is 21.1 Å². The Hall–Kier alpha value is -2.40. The van der Waals surface area contributed by atoms with E-state index in [1.807, 2.05) is 0 Å². The van der Waals surface area contributed by atoms with Gasteiger partial charge in [-0.15, -0.1) is 0 Å². The Balaban J connectivity index is 2.50. The van der Waals surface area contributed by atoms with Gasteiger partial charge in [0.05, 0.1) is 6.61 Å². The van der Waals surface area contributed by atoms with E-state index in [9.17, 15) is 29.4 Å². The largest absolute Gasteiger partial charge is 0.463 e. The number of ether oxygens (including phenoxy) is 8. The standard InChI is InChI=1S/C22H35NO14/c1-9(25)23-15-18(34-12(4)28)17(33-11(3)27)14(8-32-10(2)26)36-21(15)37-20-19(30-5)16(29)13(7-24)35-22(20)31-6/h13-22,24,29H,7-8H2,1-6H3,(H,23,25)/t13-,14-,15-,16-,17-,18-,19+,20+,21+,22+/m1/s1. The smallest absolute Gasteiger partial charge is 0.303 e. The lowest BCUT2D eigenvalue weighted by Gasteiger charge is -2.48. The van der Waals surface area contributed by atoms with Crippen molar-refractivity contribution in [2.24, 2.45) is 0 Å². The molecule has 2 aliphatic heterocycles. The lowest BCUT2D eigenvalue weighted by atomic mass is 9.95. The molecular weight excluding hydrogens is 502 g/mol. The van der Waals surface area contributed by atoms with E-state index < -0.39 is 98.4 Å². The zero-order chi connectivity index (χ0) is 27.9. The number of carbonyl (C=O) groups is 4. The first-order chi connectivity index (χ1) is 17.4. The van der Waals surface area contributed by atoms with Crippen LogP contribution in [0.4, 0.5) is 0 Å². The van der Waals surface area contributed by atoms with Crippen LogP contribution in [0.1, 0.15) is 27.7 Å². The van der Waals surface area contributed by atoms with Gasteiger partial charge in [0.1, 0.15) is 43.2 Å². The van der Waals surface area contributed by atoms with Crippen LogP contribution < -0.4 is 5.32 Å². The number of nitrogens with one attached hydrogen (secondary N) is 1. The van der Waals surface area contributed by atoms with Gasteiger partial charge in [0.25, 0.3) is 0 Å². The minimum Gasteiger partial charge on any atom is -0.463 e. The Labute approximate surface area is 213 Å². The SMILES string of the molecule is CO[C@H]1O[C@H](CO)[C@@H](O)[C@H](OC)[C@@H]1O[C@@H]1O[C@H](COC(C)=O)[C@@H](OC(C)=O)[C@H](OC(C)=O)[C@H]1NC(C)=O. The van der Waals surface area contributed by atoms with Crippen molar-refractivity contribution in [3.63, 3.8) is 0 Å². The summed E-state index contributed by atoms with van der Waals surface area (Å²) >= 11 is 0. The van der Waals surface area contributed by atoms with Crippen molar-refractivity contribution in [2.45, 2.75) is 89.0 Å². The molecule has 212 valence electrons. The Kier molecular flexibility index (Phi) is 11.6. The topological polar surface area (TPSA) is 195 Å². The number of rotatable bonds is 10. The van der Waals surface area contributed by atoms with Crippen LogP contribution in [0.15, 0.2) is 0 Å². The summed E-state index contributed by atoms with van der Waals surface area (Å²) < 4.78 is 44.2. The van der Waals surface area contributed by atoms with Gasteiger partial charge in [-0.2, -0.15) is 0 Å². The van der Waals surface area contributed by atoms with E-state index in [1.54, 1.807) is 0 Å². The van der Waals surface area contributed by atoms with Gasteiger partial charge in [-0.25, -0.2) is 0 Å². The van der Waals surface area contributed by atoms with Gasteiger partial charge in [-0.3, -0.25) is 19.2 Å². The van der Waals surface area contributed by atoms with E-state index in [0.717, 1.165) is 20.8 Å². The van der Waals surface area contributed by atoms with Crippen molar-refractivity contribution in [3.8, 4) is 0 Å². The highest BCUT2D eigenvalue weighted by molar-refractivity contribution is 5.73. The third-order valence-corrected chi connectivity index (χ3v) is 5.67. The Morgan fingerprint density at radius 2 is 1.38 bits per heavy atom. The second kappa shape index (κ2) is 13.9. The Bertz CT molecular complexity index is 808. The number of hydrogen-bond donors (Lipinski definition) is 3. The van der Waals surface area contributed by atoms with Crippen LogP contribution in [0.25, 0.3) is 0 Å². The van der Waals surface area contributed by atoms with Gasteiger partial charge in [-0.05, 0) is 0 Å². The average Bonchev–Trinajstić information content (AvgIpc) is 2.81. The first-order valence-electron chi connectivity index (χ1n) is 11.5. The van der Waals surface area contributed by atoms with Crippen molar-refractivity contribution < 1.29 is 67.3 Å². The molecule has 0 unspecified atom stereocenters. The van der Waals surface area contributed by atoms with E-state index in [4.69, 9.17) is 37.9 Å². The molecule has 0 saturated carbocycles. The Morgan fingerprint density at radius 1 is 0.784 bits per heavy atom. The summed E-state index contributed by atoms with van der Waals surface area (Å²) in [6.07, 6.45) is -11.1. The fourth-order valence-corrected chi connectivity index (χ4v) is 4.21. The lowest BCUT2D eigenvalue weighted by molar-refractivity contribution is -0.354. The zero-order valence-electron chi connectivity index (χ0n) is 21.5. The van der Waals surface area contributed by atoms with Crippen molar-refractivity contribution >= 4 is 23.8 Å². The third kappa shape index (κ3) is 8.04. The van der Waals surface area contributed by atoms with E-state index >= 15 is 0 Å². The first-order valence-corrected chi connectivity index (χ1v) is 11.5. The van der Waals surface area contributed by atoms with Crippen LogP contribution in [0.5, 0.6) is 0 Å². The number of hydrogen-bond acceptors (Lipinski definition) is 14. The summed E-state index contributed by atoms with van der Waals surface area (Å²) in [5, 5.41) is 22.7. The van der Waals surface area contributed by atoms with Gasteiger partial charge in [-0.1, -0.05) is 0 Å². The molecule has 15 heteroatoms. The van der Waals surface area contributed by atoms with Crippen LogP contribution in [0.3, 0.4) is 0 Å². The van der Waals surface area contributed by atoms with Crippen LogP contribution in [-0.4, -0.2) is 123 Å². The van der Waals surface area contributed by atoms with Crippen molar-refractivity contribution in [1.29, 1.82) is 0 Å². The van der Waals surface area contributed by atoms with Gasteiger partial charge in [0, 0.05) is 41.9 Å². The molecule has 10 atom stereocenters. The molecule has 2 rings (SSSR count). The Morgan fingerprint density at radius 3 is 1.86 bits per heavy atom. The predicted octanol–water partition coefficient (Wildman–Crippen LogP) is -2.23. The van der Waals surface area contributed by atoms with Gasteiger partial charge >= 0.3 is 17.9 Å². The quantitative estimate of drug-likeness (QED) is 0.200. The number of esters is 3. The predicted molar refractivity (Wildman–Crippen MR) is 118 cm³/mol. The third-order valence-electron chi connectivity index (χ3n) is 5.67. The fraction of sp³-hybridized carbons (Fsp3) is 0.818. The van der Waals surface area contributed by atoms with Crippen LogP contribution in [0.2, 0.25) is 0 Å². The molecule has 2 aliphatic rings. The minimum absolute atomic E-state index is 0.421. The molecule has 0 aliphatic carbocycles. The number of methoxy groups -OCH3 is 2. The van der Waals surface area contributed by atoms with Gasteiger partial charge in [0.2, 0.25) is 5.91 Å². The highest BCUT2D eigenvalue weighted by Crippen LogP contribution is 2.32. The van der Waals surface area contributed by atoms with Gasteiger partial charge in [0.15, 0.2) is 24.8 Å². The molecule has 2 fully saturated rings. The molecule has 0 aromatic rings. The molecule has 37 heavy (non-hydrogen) atoms. The lowest BCUT2D eigenvalue weighted by Crippen LogP contribution is -2.69. The highest BCUT2D eigenvalue weighted by atomic mass is 16.8. The van der Waals surface area contributed by atoms with Crippen molar-refractivity contribution in [3.05, 3.63) is 0 Å². The van der Waals surface area contributed by atoms with Crippen molar-refractivity contribution in [2.75, 3.05) is 27.4 Å². The summed E-state index contributed by atoms with van der Waals surface area (Å²) in [6.45, 7) is 3.63. The summed E-state index contributed by atoms with van der Waals surface area (Å²) in [4.78, 5) is 47.4. The molecule has 2 saturated heterocycles. The molecular formula is C22H35NO14. The molecule has 2 heterocycles. The molecule has 0 aromatic heterocycles. The van der Waals surface area contributed by atoms with Gasteiger partial charge < -0.3 is 53.4 Å². The molecule has 15 nitrogen and oxygen atoms in total. The number of aliphatic hydroxyl groups is 2.